The summed E-state index contributed by atoms with van der Waals surface area (Å²) in [6.07, 6.45) is 1.05. The molecule has 0 aliphatic heterocycles. The summed E-state index contributed by atoms with van der Waals surface area (Å²) in [4.78, 5) is 11.9. The molecule has 23 heavy (non-hydrogen) atoms. The van der Waals surface area contributed by atoms with Gasteiger partial charge in [-0.3, -0.25) is 9.52 Å². The Morgan fingerprint density at radius 1 is 1.00 bits per heavy atom. The lowest BCUT2D eigenvalue weighted by atomic mass is 10.2. The maximum absolute atomic E-state index is 11.9. The van der Waals surface area contributed by atoms with Crippen LogP contribution in [-0.2, 0) is 26.2 Å². The summed E-state index contributed by atoms with van der Waals surface area (Å²) >= 11 is 0. The van der Waals surface area contributed by atoms with E-state index in [0.717, 1.165) is 11.8 Å². The summed E-state index contributed by atoms with van der Waals surface area (Å²) in [7, 11) is -3.42. The van der Waals surface area contributed by atoms with Crippen LogP contribution in [0.4, 0.5) is 11.4 Å². The smallest absolute Gasteiger partial charge is 0.250 e. The zero-order valence-electron chi connectivity index (χ0n) is 12.7. The van der Waals surface area contributed by atoms with Crippen LogP contribution in [0.25, 0.3) is 0 Å². The summed E-state index contributed by atoms with van der Waals surface area (Å²) in [6.45, 7) is 0.208. The lowest BCUT2D eigenvalue weighted by molar-refractivity contribution is -0.121. The van der Waals surface area contributed by atoms with Gasteiger partial charge in [0, 0.05) is 0 Å². The highest BCUT2D eigenvalue weighted by Gasteiger charge is 2.10. The lowest BCUT2D eigenvalue weighted by Crippen LogP contribution is -2.20. The number of ether oxygens (including phenoxy) is 1. The average molecular weight is 334 g/mol. The first-order valence-corrected chi connectivity index (χ1v) is 8.81. The second kappa shape index (κ2) is 7.75. The molecule has 0 radical (unpaired) electrons. The topological polar surface area (TPSA) is 84.5 Å². The number of hydrogen-bond acceptors (Lipinski definition) is 4. The van der Waals surface area contributed by atoms with E-state index in [4.69, 9.17) is 4.74 Å². The van der Waals surface area contributed by atoms with Gasteiger partial charge in [-0.1, -0.05) is 42.5 Å². The third kappa shape index (κ3) is 6.09. The van der Waals surface area contributed by atoms with E-state index in [1.807, 2.05) is 30.3 Å². The van der Waals surface area contributed by atoms with Crippen molar-refractivity contribution in [2.75, 3.05) is 22.9 Å². The Labute approximate surface area is 135 Å². The van der Waals surface area contributed by atoms with Gasteiger partial charge in [0.25, 0.3) is 0 Å². The summed E-state index contributed by atoms with van der Waals surface area (Å²) in [5, 5.41) is 2.63. The molecule has 122 valence electrons. The third-order valence-electron chi connectivity index (χ3n) is 2.84. The van der Waals surface area contributed by atoms with Crippen molar-refractivity contribution < 1.29 is 17.9 Å². The van der Waals surface area contributed by atoms with Crippen LogP contribution < -0.4 is 10.0 Å². The van der Waals surface area contributed by atoms with E-state index in [1.165, 1.54) is 0 Å². The molecule has 2 rings (SSSR count). The summed E-state index contributed by atoms with van der Waals surface area (Å²) < 4.78 is 30.3. The van der Waals surface area contributed by atoms with Gasteiger partial charge < -0.3 is 10.1 Å². The zero-order chi connectivity index (χ0) is 16.7. The van der Waals surface area contributed by atoms with Crippen LogP contribution in [0.3, 0.4) is 0 Å². The predicted molar refractivity (Wildman–Crippen MR) is 89.6 cm³/mol. The van der Waals surface area contributed by atoms with Gasteiger partial charge in [0.15, 0.2) is 0 Å². The Morgan fingerprint density at radius 2 is 1.61 bits per heavy atom. The second-order valence-corrected chi connectivity index (χ2v) is 6.69. The zero-order valence-corrected chi connectivity index (χ0v) is 13.5. The number of nitrogens with one attached hydrogen (secondary N) is 2. The van der Waals surface area contributed by atoms with Crippen molar-refractivity contribution in [3.8, 4) is 0 Å². The van der Waals surface area contributed by atoms with E-state index in [2.05, 4.69) is 10.0 Å². The Hall–Kier alpha value is -2.38. The van der Waals surface area contributed by atoms with Gasteiger partial charge in [-0.15, -0.1) is 0 Å². The quantitative estimate of drug-likeness (QED) is 0.813. The number of amides is 1. The molecule has 7 heteroatoms. The minimum Gasteiger partial charge on any atom is -0.367 e. The molecule has 0 aromatic heterocycles. The first-order valence-electron chi connectivity index (χ1n) is 6.92. The number of carbonyl (C=O) groups is 1. The molecule has 0 heterocycles. The van der Waals surface area contributed by atoms with E-state index in [1.54, 1.807) is 24.3 Å². The second-order valence-electron chi connectivity index (χ2n) is 4.95. The van der Waals surface area contributed by atoms with E-state index < -0.39 is 10.0 Å². The van der Waals surface area contributed by atoms with Gasteiger partial charge >= 0.3 is 0 Å². The lowest BCUT2D eigenvalue weighted by Gasteiger charge is -2.12. The van der Waals surface area contributed by atoms with E-state index >= 15 is 0 Å². The number of hydrogen-bond donors (Lipinski definition) is 2. The van der Waals surface area contributed by atoms with Crippen molar-refractivity contribution in [1.82, 2.24) is 0 Å². The molecule has 0 atom stereocenters. The van der Waals surface area contributed by atoms with Gasteiger partial charge in [0.05, 0.1) is 24.2 Å². The molecule has 2 aromatic rings. The molecule has 1 amide bonds. The van der Waals surface area contributed by atoms with Crippen LogP contribution in [0.2, 0.25) is 0 Å². The number of rotatable bonds is 7. The minimum absolute atomic E-state index is 0.123. The number of anilines is 2. The summed E-state index contributed by atoms with van der Waals surface area (Å²) in [5.41, 5.74) is 1.66. The first-order chi connectivity index (χ1) is 10.9. The van der Waals surface area contributed by atoms with Gasteiger partial charge in [0.2, 0.25) is 15.9 Å². The largest absolute Gasteiger partial charge is 0.367 e. The van der Waals surface area contributed by atoms with E-state index in [-0.39, 0.29) is 12.5 Å². The number of benzene rings is 2. The fraction of sp³-hybridized carbons (Fsp3) is 0.188. The first kappa shape index (κ1) is 17.0. The highest BCUT2D eigenvalue weighted by molar-refractivity contribution is 7.92. The number of sulfonamides is 1. The number of carbonyl (C=O) groups excluding carboxylic acids is 1. The maximum atomic E-state index is 11.9. The van der Waals surface area contributed by atoms with Gasteiger partial charge in [0.1, 0.15) is 6.61 Å². The van der Waals surface area contributed by atoms with Gasteiger partial charge in [-0.05, 0) is 17.7 Å². The SMILES string of the molecule is CS(=O)(=O)Nc1ccccc1NC(=O)COCc1ccccc1. The van der Waals surface area contributed by atoms with Gasteiger partial charge in [-0.2, -0.15) is 0 Å². The van der Waals surface area contributed by atoms with Crippen molar-refractivity contribution in [2.24, 2.45) is 0 Å². The minimum atomic E-state index is -3.42. The van der Waals surface area contributed by atoms with Crippen LogP contribution >= 0.6 is 0 Å². The molecule has 0 bridgehead atoms. The Balaban J connectivity index is 1.90. The molecule has 0 aliphatic rings. The van der Waals surface area contributed by atoms with E-state index in [9.17, 15) is 13.2 Å². The van der Waals surface area contributed by atoms with Crippen LogP contribution in [0.5, 0.6) is 0 Å². The van der Waals surface area contributed by atoms with Crippen molar-refractivity contribution in [1.29, 1.82) is 0 Å². The molecular formula is C16H18N2O4S. The Bertz CT molecular complexity index is 761. The molecule has 0 fully saturated rings. The van der Waals surface area contributed by atoms with Crippen LogP contribution in [0.1, 0.15) is 5.56 Å². The highest BCUT2D eigenvalue weighted by Crippen LogP contribution is 2.21. The molecule has 0 saturated carbocycles. The van der Waals surface area contributed by atoms with Crippen LogP contribution in [-0.4, -0.2) is 27.2 Å². The molecule has 0 aliphatic carbocycles. The molecule has 2 N–H and O–H groups in total. The van der Waals surface area contributed by atoms with Crippen molar-refractivity contribution in [3.05, 3.63) is 60.2 Å². The fourth-order valence-corrected chi connectivity index (χ4v) is 2.48. The molecule has 6 nitrogen and oxygen atoms in total. The third-order valence-corrected chi connectivity index (χ3v) is 3.43. The standard InChI is InChI=1S/C16H18N2O4S/c1-23(20,21)18-15-10-6-5-9-14(15)17-16(19)12-22-11-13-7-3-2-4-8-13/h2-10,18H,11-12H2,1H3,(H,17,19). The molecule has 0 spiro atoms. The molecule has 0 saturated heterocycles. The van der Waals surface area contributed by atoms with Crippen molar-refractivity contribution in [3.63, 3.8) is 0 Å². The highest BCUT2D eigenvalue weighted by atomic mass is 32.2. The normalized spacial score (nSPS) is 11.0. The number of para-hydroxylation sites is 2. The van der Waals surface area contributed by atoms with Gasteiger partial charge in [-0.25, -0.2) is 8.42 Å². The van der Waals surface area contributed by atoms with Crippen LogP contribution in [0, 0.1) is 0 Å². The van der Waals surface area contributed by atoms with Crippen LogP contribution in [0.15, 0.2) is 54.6 Å². The summed E-state index contributed by atoms with van der Waals surface area (Å²) in [5.74, 6) is -0.358. The monoisotopic (exact) mass is 334 g/mol. The molecular weight excluding hydrogens is 316 g/mol. The molecule has 2 aromatic carbocycles. The fourth-order valence-electron chi connectivity index (χ4n) is 1.90. The Kier molecular flexibility index (Phi) is 5.72. The maximum Gasteiger partial charge on any atom is 0.250 e. The van der Waals surface area contributed by atoms with Crippen molar-refractivity contribution >= 4 is 27.3 Å². The predicted octanol–water partition coefficient (Wildman–Crippen LogP) is 2.21. The van der Waals surface area contributed by atoms with E-state index in [0.29, 0.717) is 18.0 Å². The molecule has 0 unspecified atom stereocenters. The summed E-state index contributed by atoms with van der Waals surface area (Å²) in [6, 6.07) is 16.1. The Morgan fingerprint density at radius 3 is 2.26 bits per heavy atom. The average Bonchev–Trinajstić information content (AvgIpc) is 2.49. The van der Waals surface area contributed by atoms with Crippen molar-refractivity contribution in [2.45, 2.75) is 6.61 Å².